The number of benzene rings is 3. The first-order chi connectivity index (χ1) is 17.6. The Morgan fingerprint density at radius 1 is 0.944 bits per heavy atom. The third-order valence-electron chi connectivity index (χ3n) is 7.52. The zero-order chi connectivity index (χ0) is 25.0. The highest BCUT2D eigenvalue weighted by Gasteiger charge is 2.40. The number of rotatable bonds is 8. The summed E-state index contributed by atoms with van der Waals surface area (Å²) in [7, 11) is 3.31. The molecular formula is C31H34FNO3. The minimum Gasteiger partial charge on any atom is -0.493 e. The third-order valence-corrected chi connectivity index (χ3v) is 7.52. The lowest BCUT2D eigenvalue weighted by atomic mass is 9.77. The molecule has 1 atom stereocenters. The molecule has 0 aromatic heterocycles. The standard InChI is InChI=1S/C31H34FNO3/c1-34-29-21-25-15-20-36-31(28(25)22-30(29)35-2,26-9-11-27(32)12-10-26)16-6-17-33-18-13-24(14-19-33)23-7-4-3-5-8-23/h3-5,7-13,21-22H,6,14-20H2,1-2H3. The Hall–Kier alpha value is -3.15. The fourth-order valence-corrected chi connectivity index (χ4v) is 5.61. The van der Waals surface area contributed by atoms with Crippen LogP contribution in [0.25, 0.3) is 5.57 Å². The molecule has 3 aromatic rings. The summed E-state index contributed by atoms with van der Waals surface area (Å²) in [4.78, 5) is 2.50. The number of methoxy groups -OCH3 is 2. The maximum atomic E-state index is 13.9. The summed E-state index contributed by atoms with van der Waals surface area (Å²) in [5, 5.41) is 0. The van der Waals surface area contributed by atoms with E-state index in [4.69, 9.17) is 14.2 Å². The Labute approximate surface area is 213 Å². The van der Waals surface area contributed by atoms with Gasteiger partial charge in [0.15, 0.2) is 11.5 Å². The van der Waals surface area contributed by atoms with Crippen LogP contribution in [0.15, 0.2) is 72.8 Å². The first kappa shape index (κ1) is 24.5. The van der Waals surface area contributed by atoms with Gasteiger partial charge in [-0.2, -0.15) is 0 Å². The minimum atomic E-state index is -0.651. The molecule has 36 heavy (non-hydrogen) atoms. The van der Waals surface area contributed by atoms with Crippen LogP contribution in [-0.4, -0.2) is 45.4 Å². The monoisotopic (exact) mass is 487 g/mol. The largest absolute Gasteiger partial charge is 0.493 e. The van der Waals surface area contributed by atoms with Crippen molar-refractivity contribution in [2.45, 2.75) is 31.3 Å². The SMILES string of the molecule is COc1cc2c(cc1OC)C(CCCN1CC=C(c3ccccc3)CC1)(c1ccc(F)cc1)OCC2. The van der Waals surface area contributed by atoms with Crippen LogP contribution in [0.5, 0.6) is 11.5 Å². The van der Waals surface area contributed by atoms with E-state index >= 15 is 0 Å². The predicted molar refractivity (Wildman–Crippen MR) is 141 cm³/mol. The molecule has 188 valence electrons. The van der Waals surface area contributed by atoms with Gasteiger partial charge in [0, 0.05) is 13.1 Å². The third kappa shape index (κ3) is 4.91. The van der Waals surface area contributed by atoms with E-state index in [0.29, 0.717) is 12.4 Å². The van der Waals surface area contributed by atoms with Crippen LogP contribution in [0.1, 0.15) is 41.5 Å². The van der Waals surface area contributed by atoms with Gasteiger partial charge < -0.3 is 14.2 Å². The summed E-state index contributed by atoms with van der Waals surface area (Å²) >= 11 is 0. The van der Waals surface area contributed by atoms with E-state index in [-0.39, 0.29) is 5.82 Å². The predicted octanol–water partition coefficient (Wildman–Crippen LogP) is 6.23. The molecule has 0 fully saturated rings. The van der Waals surface area contributed by atoms with Crippen molar-refractivity contribution in [3.8, 4) is 11.5 Å². The van der Waals surface area contributed by atoms with Gasteiger partial charge in [-0.15, -0.1) is 0 Å². The lowest BCUT2D eigenvalue weighted by Gasteiger charge is -2.41. The van der Waals surface area contributed by atoms with Gasteiger partial charge >= 0.3 is 0 Å². The zero-order valence-electron chi connectivity index (χ0n) is 21.1. The molecule has 4 nitrogen and oxygen atoms in total. The van der Waals surface area contributed by atoms with Crippen LogP contribution in [0, 0.1) is 5.82 Å². The van der Waals surface area contributed by atoms with E-state index in [1.807, 2.05) is 18.2 Å². The van der Waals surface area contributed by atoms with Crippen molar-refractivity contribution in [2.75, 3.05) is 40.5 Å². The maximum Gasteiger partial charge on any atom is 0.161 e. The number of nitrogens with zero attached hydrogens (tertiary/aromatic N) is 1. The average Bonchev–Trinajstić information content (AvgIpc) is 2.93. The molecule has 0 saturated carbocycles. The molecule has 0 amide bonds. The van der Waals surface area contributed by atoms with E-state index in [1.165, 1.54) is 28.8 Å². The number of fused-ring (bicyclic) bond motifs is 1. The number of hydrogen-bond acceptors (Lipinski definition) is 4. The second kappa shape index (κ2) is 10.9. The number of ether oxygens (including phenoxy) is 3. The number of halogens is 1. The van der Waals surface area contributed by atoms with Crippen LogP contribution in [0.4, 0.5) is 4.39 Å². The molecule has 0 saturated heterocycles. The van der Waals surface area contributed by atoms with Gasteiger partial charge in [0.2, 0.25) is 0 Å². The first-order valence-electron chi connectivity index (χ1n) is 12.7. The Bertz CT molecular complexity index is 1210. The van der Waals surface area contributed by atoms with Gasteiger partial charge in [-0.3, -0.25) is 4.90 Å². The van der Waals surface area contributed by atoms with E-state index in [0.717, 1.165) is 62.2 Å². The van der Waals surface area contributed by atoms with Gasteiger partial charge in [-0.05, 0) is 84.3 Å². The highest BCUT2D eigenvalue weighted by atomic mass is 19.1. The van der Waals surface area contributed by atoms with Crippen molar-refractivity contribution in [3.63, 3.8) is 0 Å². The topological polar surface area (TPSA) is 30.9 Å². The molecule has 0 bridgehead atoms. The molecule has 1 unspecified atom stereocenters. The maximum absolute atomic E-state index is 13.9. The lowest BCUT2D eigenvalue weighted by Crippen LogP contribution is -2.38. The fourth-order valence-electron chi connectivity index (χ4n) is 5.61. The Morgan fingerprint density at radius 3 is 2.39 bits per heavy atom. The van der Waals surface area contributed by atoms with Crippen LogP contribution in [0.2, 0.25) is 0 Å². The van der Waals surface area contributed by atoms with Gasteiger partial charge in [-0.25, -0.2) is 4.39 Å². The summed E-state index contributed by atoms with van der Waals surface area (Å²) in [5.74, 6) is 1.16. The molecular weight excluding hydrogens is 453 g/mol. The molecule has 0 aliphatic carbocycles. The van der Waals surface area contributed by atoms with Crippen LogP contribution in [0.3, 0.4) is 0 Å². The second-order valence-corrected chi connectivity index (χ2v) is 9.55. The van der Waals surface area contributed by atoms with Crippen molar-refractivity contribution >= 4 is 5.57 Å². The van der Waals surface area contributed by atoms with E-state index < -0.39 is 5.60 Å². The molecule has 5 rings (SSSR count). The fraction of sp³-hybridized carbons (Fsp3) is 0.355. The van der Waals surface area contributed by atoms with E-state index in [2.05, 4.69) is 47.4 Å². The van der Waals surface area contributed by atoms with Crippen LogP contribution >= 0.6 is 0 Å². The smallest absolute Gasteiger partial charge is 0.161 e. The van der Waals surface area contributed by atoms with E-state index in [1.54, 1.807) is 14.2 Å². The summed E-state index contributed by atoms with van der Waals surface area (Å²) in [6.45, 7) is 3.59. The first-order valence-corrected chi connectivity index (χ1v) is 12.7. The van der Waals surface area contributed by atoms with Gasteiger partial charge in [0.05, 0.1) is 20.8 Å². The molecule has 0 radical (unpaired) electrons. The molecule has 0 spiro atoms. The molecule has 3 aromatic carbocycles. The summed E-state index contributed by atoms with van der Waals surface area (Å²) in [5.41, 5.74) is 5.35. The average molecular weight is 488 g/mol. The molecule has 2 aliphatic rings. The summed E-state index contributed by atoms with van der Waals surface area (Å²) < 4.78 is 31.7. The highest BCUT2D eigenvalue weighted by molar-refractivity contribution is 5.66. The zero-order valence-corrected chi connectivity index (χ0v) is 21.1. The molecule has 2 heterocycles. The van der Waals surface area contributed by atoms with Crippen molar-refractivity contribution in [3.05, 3.63) is 101 Å². The Morgan fingerprint density at radius 2 is 1.69 bits per heavy atom. The normalized spacial score (nSPS) is 19.9. The summed E-state index contributed by atoms with van der Waals surface area (Å²) in [6, 6.07) is 21.5. The number of hydrogen-bond donors (Lipinski definition) is 0. The van der Waals surface area contributed by atoms with Crippen molar-refractivity contribution in [2.24, 2.45) is 0 Å². The van der Waals surface area contributed by atoms with E-state index in [9.17, 15) is 4.39 Å². The minimum absolute atomic E-state index is 0.244. The van der Waals surface area contributed by atoms with Gasteiger partial charge in [0.25, 0.3) is 0 Å². The molecule has 2 aliphatic heterocycles. The van der Waals surface area contributed by atoms with Crippen molar-refractivity contribution < 1.29 is 18.6 Å². The highest BCUT2D eigenvalue weighted by Crippen LogP contribution is 2.46. The van der Waals surface area contributed by atoms with Gasteiger partial charge in [0.1, 0.15) is 11.4 Å². The lowest BCUT2D eigenvalue weighted by molar-refractivity contribution is -0.0373. The summed E-state index contributed by atoms with van der Waals surface area (Å²) in [6.07, 6.45) is 5.98. The molecule has 5 heteroatoms. The van der Waals surface area contributed by atoms with Crippen LogP contribution in [-0.2, 0) is 16.8 Å². The van der Waals surface area contributed by atoms with Gasteiger partial charge in [-0.1, -0.05) is 48.5 Å². The Kier molecular flexibility index (Phi) is 7.40. The van der Waals surface area contributed by atoms with Crippen molar-refractivity contribution in [1.29, 1.82) is 0 Å². The second-order valence-electron chi connectivity index (χ2n) is 9.55. The Balaban J connectivity index is 1.38. The van der Waals surface area contributed by atoms with Crippen molar-refractivity contribution in [1.82, 2.24) is 4.90 Å². The van der Waals surface area contributed by atoms with Crippen LogP contribution < -0.4 is 9.47 Å². The molecule has 0 N–H and O–H groups in total. The quantitative estimate of drug-likeness (QED) is 0.377.